The minimum absolute atomic E-state index is 0.0560. The Morgan fingerprint density at radius 2 is 0.435 bits per heavy atom. The predicted molar refractivity (Wildman–Crippen MR) is 481 cm³/mol. The summed E-state index contributed by atoms with van der Waals surface area (Å²) < 4.78 is 61.3. The van der Waals surface area contributed by atoms with Crippen LogP contribution >= 0.6 is 15.6 Å². The SMILES string of the molecule is CC/C=C\C/C=C\C/C=C\C/C=C\C/C=C\C/C=C\CCCCCCCCCCCCCCCCC(=O)OCC(O)COP(=O)(O)OCC(O)COP(=O)(O)OCC(COC(=O)CCCCCCCCCC/C=C\C/C=C\C/C=C\C/C=C\C/C=C\C/C=C\CC)OC(=O)CCCCC/C=C\C/C=C\C/C=C\C/C=C\C/C=C\CC. The molecule has 0 rings (SSSR count). The summed E-state index contributed by atoms with van der Waals surface area (Å²) in [4.78, 5) is 58.9. The Hall–Kier alpha value is -5.87. The van der Waals surface area contributed by atoms with E-state index in [1.165, 1.54) is 70.6 Å². The lowest BCUT2D eigenvalue weighted by atomic mass is 10.0. The van der Waals surface area contributed by atoms with Crippen LogP contribution in [0.15, 0.2) is 207 Å². The first-order valence-corrected chi connectivity index (χ1v) is 47.4. The molecule has 0 aliphatic rings. The maximum atomic E-state index is 13.0. The van der Waals surface area contributed by atoms with E-state index in [-0.39, 0.29) is 19.3 Å². The van der Waals surface area contributed by atoms with Crippen LogP contribution in [-0.2, 0) is 55.8 Å². The van der Waals surface area contributed by atoms with Crippen LogP contribution in [0.2, 0.25) is 0 Å². The molecule has 0 aromatic heterocycles. The second-order valence-electron chi connectivity index (χ2n) is 28.9. The molecule has 115 heavy (non-hydrogen) atoms. The molecule has 0 amide bonds. The number of aliphatic hydroxyl groups excluding tert-OH is 2. The molecule has 0 saturated heterocycles. The third-order valence-corrected chi connectivity index (χ3v) is 19.9. The largest absolute Gasteiger partial charge is 0.472 e. The number of rotatable bonds is 82. The van der Waals surface area contributed by atoms with Gasteiger partial charge in [-0.3, -0.25) is 32.5 Å². The Bertz CT molecular complexity index is 2920. The van der Waals surface area contributed by atoms with Gasteiger partial charge in [0, 0.05) is 19.3 Å². The summed E-state index contributed by atoms with van der Waals surface area (Å²) in [6.07, 6.45) is 117. The Kier molecular flexibility index (Phi) is 83.0. The highest BCUT2D eigenvalue weighted by Gasteiger charge is 2.29. The molecule has 0 aromatic carbocycles. The summed E-state index contributed by atoms with van der Waals surface area (Å²) in [5, 5.41) is 20.7. The summed E-state index contributed by atoms with van der Waals surface area (Å²) in [6.45, 7) is 2.29. The van der Waals surface area contributed by atoms with E-state index in [1.54, 1.807) is 0 Å². The van der Waals surface area contributed by atoms with E-state index in [2.05, 4.69) is 227 Å². The fraction of sp³-hybridized carbons (Fsp3) is 0.619. The molecule has 0 spiro atoms. The molecule has 652 valence electrons. The van der Waals surface area contributed by atoms with E-state index in [9.17, 15) is 43.5 Å². The standard InChI is InChI=1S/C97H158O16P2/c1-4-7-10-13-16-19-22-25-28-31-34-36-38-40-42-43-44-45-46-47-49-51-52-54-57-59-62-65-68-71-74-77-80-83-95(100)107-86-92(98)87-109-114(103,104)110-88-93(99)89-111-115(105,106)112-91-94(113-97(102)85-82-79-76-73-70-67-64-61-56-33-30-27-24-21-18-15-12-9-6-3)90-108-96(101)84-81-78-75-72-69-66-63-60-58-55-53-50-48-41-39-37-35-32-29-26-23-20-17-14-11-8-5-2/h7-12,16-21,25-30,34-37,40-42,44-45,48,53,55-56,61,67,70,92-94,98-99H,4-6,13-15,22-24,31-33,38-39,43,46-47,49-52,54,57-60,62-66,68-69,71-91H2,1-3H3,(H,103,104)(H,105,106)/b10-7-,11-8-,12-9-,19-16-,20-17-,21-18-,28-25-,29-26-,30-27-,36-34-,37-35-,42-40-,45-44-,48-41-,55-53-,61-56-,70-67-. The van der Waals surface area contributed by atoms with E-state index in [4.69, 9.17) is 32.3 Å². The molecule has 4 N–H and O–H groups in total. The van der Waals surface area contributed by atoms with Crippen LogP contribution in [0.25, 0.3) is 0 Å². The van der Waals surface area contributed by atoms with Crippen molar-refractivity contribution in [1.82, 2.24) is 0 Å². The number of unbranched alkanes of at least 4 members (excludes halogenated alkanes) is 25. The number of esters is 3. The highest BCUT2D eigenvalue weighted by molar-refractivity contribution is 7.47. The number of hydrogen-bond acceptors (Lipinski definition) is 14. The number of carbonyl (C=O) groups is 3. The molecule has 16 nitrogen and oxygen atoms in total. The van der Waals surface area contributed by atoms with Crippen molar-refractivity contribution in [1.29, 1.82) is 0 Å². The van der Waals surface area contributed by atoms with Gasteiger partial charge >= 0.3 is 33.6 Å². The van der Waals surface area contributed by atoms with Gasteiger partial charge in [0.1, 0.15) is 25.4 Å². The zero-order valence-electron chi connectivity index (χ0n) is 71.6. The maximum Gasteiger partial charge on any atom is 0.472 e. The lowest BCUT2D eigenvalue weighted by Crippen LogP contribution is -2.30. The van der Waals surface area contributed by atoms with Crippen LogP contribution in [0.4, 0.5) is 0 Å². The van der Waals surface area contributed by atoms with E-state index in [1.807, 2.05) is 0 Å². The Labute approximate surface area is 699 Å². The van der Waals surface area contributed by atoms with Crippen LogP contribution in [0.1, 0.15) is 329 Å². The number of phosphoric ester groups is 2. The van der Waals surface area contributed by atoms with Gasteiger partial charge in [-0.2, -0.15) is 0 Å². The topological polar surface area (TPSA) is 231 Å². The number of ether oxygens (including phenoxy) is 3. The lowest BCUT2D eigenvalue weighted by molar-refractivity contribution is -0.161. The van der Waals surface area contributed by atoms with Crippen LogP contribution in [-0.4, -0.2) is 95.9 Å². The lowest BCUT2D eigenvalue weighted by Gasteiger charge is -2.21. The van der Waals surface area contributed by atoms with Gasteiger partial charge in [0.25, 0.3) is 0 Å². The molecule has 0 heterocycles. The zero-order chi connectivity index (χ0) is 83.6. The summed E-state index contributed by atoms with van der Waals surface area (Å²) in [5.41, 5.74) is 0. The van der Waals surface area contributed by atoms with Gasteiger partial charge in [-0.1, -0.05) is 349 Å². The van der Waals surface area contributed by atoms with Gasteiger partial charge in [-0.25, -0.2) is 9.13 Å². The van der Waals surface area contributed by atoms with Gasteiger partial charge in [0.2, 0.25) is 0 Å². The van der Waals surface area contributed by atoms with Gasteiger partial charge in [0.15, 0.2) is 6.10 Å². The summed E-state index contributed by atoms with van der Waals surface area (Å²) >= 11 is 0. The average Bonchev–Trinajstić information content (AvgIpc) is 0.902. The number of carbonyl (C=O) groups excluding carboxylic acids is 3. The van der Waals surface area contributed by atoms with Gasteiger partial charge in [0.05, 0.1) is 26.4 Å². The average molecular weight is 1640 g/mol. The number of allylic oxidation sites excluding steroid dienone is 34. The molecule has 5 atom stereocenters. The highest BCUT2D eigenvalue weighted by atomic mass is 31.2. The van der Waals surface area contributed by atoms with Crippen LogP contribution < -0.4 is 0 Å². The van der Waals surface area contributed by atoms with Crippen molar-refractivity contribution in [2.24, 2.45) is 0 Å². The molecular weight excluding hydrogens is 1480 g/mol. The molecule has 0 saturated carbocycles. The Balaban J connectivity index is 4.60. The van der Waals surface area contributed by atoms with Crippen molar-refractivity contribution in [2.45, 2.75) is 347 Å². The molecule has 0 radical (unpaired) electrons. The van der Waals surface area contributed by atoms with Crippen LogP contribution in [0.5, 0.6) is 0 Å². The second-order valence-corrected chi connectivity index (χ2v) is 31.8. The molecule has 0 bridgehead atoms. The van der Waals surface area contributed by atoms with Gasteiger partial charge < -0.3 is 34.2 Å². The van der Waals surface area contributed by atoms with Crippen LogP contribution in [0.3, 0.4) is 0 Å². The van der Waals surface area contributed by atoms with Crippen molar-refractivity contribution in [3.63, 3.8) is 0 Å². The van der Waals surface area contributed by atoms with Crippen molar-refractivity contribution >= 4 is 33.6 Å². The molecule has 18 heteroatoms. The smallest absolute Gasteiger partial charge is 0.463 e. The van der Waals surface area contributed by atoms with Crippen molar-refractivity contribution < 1.29 is 75.8 Å². The Morgan fingerprint density at radius 3 is 0.696 bits per heavy atom. The number of hydrogen-bond donors (Lipinski definition) is 4. The number of aliphatic hydroxyl groups is 2. The van der Waals surface area contributed by atoms with Crippen molar-refractivity contribution in [3.05, 3.63) is 207 Å². The highest BCUT2D eigenvalue weighted by Crippen LogP contribution is 2.45. The normalized spacial score (nSPS) is 14.8. The Morgan fingerprint density at radius 1 is 0.243 bits per heavy atom. The van der Waals surface area contributed by atoms with E-state index < -0.39 is 91.5 Å². The van der Waals surface area contributed by atoms with Crippen LogP contribution in [0, 0.1) is 0 Å². The van der Waals surface area contributed by atoms with Crippen molar-refractivity contribution in [3.8, 4) is 0 Å². The fourth-order valence-electron chi connectivity index (χ4n) is 11.4. The van der Waals surface area contributed by atoms with E-state index in [0.717, 1.165) is 199 Å². The summed E-state index contributed by atoms with van der Waals surface area (Å²) in [7, 11) is -9.83. The minimum atomic E-state index is -4.96. The predicted octanol–water partition coefficient (Wildman–Crippen LogP) is 27.2. The van der Waals surface area contributed by atoms with Gasteiger partial charge in [-0.15, -0.1) is 0 Å². The monoisotopic (exact) mass is 1640 g/mol. The summed E-state index contributed by atoms with van der Waals surface area (Å²) in [5.74, 6) is -1.63. The first kappa shape index (κ1) is 109. The first-order chi connectivity index (χ1) is 56.2. The third-order valence-electron chi connectivity index (χ3n) is 18.0. The van der Waals surface area contributed by atoms with E-state index >= 15 is 0 Å². The molecule has 0 aliphatic heterocycles. The quantitative estimate of drug-likeness (QED) is 0.0146. The molecule has 0 aliphatic carbocycles. The molecular formula is C97H158O16P2. The first-order valence-electron chi connectivity index (χ1n) is 44.4. The minimum Gasteiger partial charge on any atom is -0.463 e. The zero-order valence-corrected chi connectivity index (χ0v) is 73.4. The maximum absolute atomic E-state index is 13.0. The molecule has 0 fully saturated rings. The third kappa shape index (κ3) is 88.8. The van der Waals surface area contributed by atoms with E-state index in [0.29, 0.717) is 19.3 Å². The fourth-order valence-corrected chi connectivity index (χ4v) is 13.0. The second kappa shape index (κ2) is 87.4. The molecule has 0 aromatic rings. The number of phosphoric acid groups is 2. The summed E-state index contributed by atoms with van der Waals surface area (Å²) in [6, 6.07) is 0. The van der Waals surface area contributed by atoms with Crippen molar-refractivity contribution in [2.75, 3.05) is 39.6 Å². The van der Waals surface area contributed by atoms with Gasteiger partial charge in [-0.05, 0) is 167 Å². The molecule has 5 unspecified atom stereocenters.